The Balaban J connectivity index is 2.17. The van der Waals surface area contributed by atoms with Crippen molar-refractivity contribution in [3.8, 4) is 0 Å². The fraction of sp³-hybridized carbons (Fsp3) is 0.722. The van der Waals surface area contributed by atoms with Gasteiger partial charge in [0.25, 0.3) is 0 Å². The molecule has 0 spiro atoms. The van der Waals surface area contributed by atoms with Crippen molar-refractivity contribution >= 4 is 5.82 Å². The Kier molecular flexibility index (Phi) is 6.50. The number of hydrogen-bond acceptors (Lipinski definition) is 3. The van der Waals surface area contributed by atoms with E-state index in [-0.39, 0.29) is 0 Å². The maximum atomic E-state index is 4.93. The van der Waals surface area contributed by atoms with Gasteiger partial charge in [-0.3, -0.25) is 0 Å². The van der Waals surface area contributed by atoms with Crippen LogP contribution in [0.1, 0.15) is 57.7 Å². The number of rotatable bonds is 10. The Bertz CT molecular complexity index is 426. The van der Waals surface area contributed by atoms with E-state index in [4.69, 9.17) is 4.98 Å². The monoisotopic (exact) mass is 289 g/mol. The van der Waals surface area contributed by atoms with Gasteiger partial charge in [0.05, 0.1) is 0 Å². The summed E-state index contributed by atoms with van der Waals surface area (Å²) in [7, 11) is 0. The van der Waals surface area contributed by atoms with Crippen LogP contribution in [-0.2, 0) is 13.0 Å². The SMILES string of the molecule is CCCc1cc(CNCC)cc(N(CCC)CC2CC2)n1. The van der Waals surface area contributed by atoms with E-state index >= 15 is 0 Å². The predicted octanol–water partition coefficient (Wildman–Crippen LogP) is 3.77. The van der Waals surface area contributed by atoms with Gasteiger partial charge >= 0.3 is 0 Å². The van der Waals surface area contributed by atoms with Crippen molar-refractivity contribution in [1.29, 1.82) is 0 Å². The molecule has 1 heterocycles. The molecule has 21 heavy (non-hydrogen) atoms. The molecule has 2 rings (SSSR count). The van der Waals surface area contributed by atoms with E-state index in [0.29, 0.717) is 0 Å². The lowest BCUT2D eigenvalue weighted by Gasteiger charge is -2.24. The number of nitrogens with one attached hydrogen (secondary N) is 1. The Morgan fingerprint density at radius 3 is 2.62 bits per heavy atom. The Hall–Kier alpha value is -1.09. The van der Waals surface area contributed by atoms with Crippen LogP contribution in [0.25, 0.3) is 0 Å². The average molecular weight is 289 g/mol. The average Bonchev–Trinajstić information content (AvgIpc) is 3.29. The Labute approximate surface area is 130 Å². The zero-order valence-electron chi connectivity index (χ0n) is 14.0. The molecule has 0 unspecified atom stereocenters. The molecular formula is C18H31N3. The van der Waals surface area contributed by atoms with Crippen molar-refractivity contribution in [3.05, 3.63) is 23.4 Å². The Morgan fingerprint density at radius 1 is 1.19 bits per heavy atom. The molecule has 1 aromatic heterocycles. The highest BCUT2D eigenvalue weighted by Gasteiger charge is 2.24. The number of aromatic nitrogens is 1. The summed E-state index contributed by atoms with van der Waals surface area (Å²) < 4.78 is 0. The van der Waals surface area contributed by atoms with Gasteiger partial charge in [-0.15, -0.1) is 0 Å². The third-order valence-electron chi connectivity index (χ3n) is 4.00. The molecule has 118 valence electrons. The van der Waals surface area contributed by atoms with Gasteiger partial charge in [-0.05, 0) is 55.8 Å². The van der Waals surface area contributed by atoms with E-state index in [1.54, 1.807) is 0 Å². The molecule has 3 heteroatoms. The summed E-state index contributed by atoms with van der Waals surface area (Å²) in [5.74, 6) is 2.10. The number of aryl methyl sites for hydroxylation is 1. The van der Waals surface area contributed by atoms with Crippen LogP contribution in [-0.4, -0.2) is 24.6 Å². The minimum absolute atomic E-state index is 0.908. The smallest absolute Gasteiger partial charge is 0.129 e. The summed E-state index contributed by atoms with van der Waals surface area (Å²) in [5.41, 5.74) is 2.63. The Morgan fingerprint density at radius 2 is 2.00 bits per heavy atom. The van der Waals surface area contributed by atoms with Crippen LogP contribution in [0.2, 0.25) is 0 Å². The topological polar surface area (TPSA) is 28.2 Å². The minimum Gasteiger partial charge on any atom is -0.356 e. The van der Waals surface area contributed by atoms with Gasteiger partial charge < -0.3 is 10.2 Å². The highest BCUT2D eigenvalue weighted by atomic mass is 15.2. The molecule has 0 amide bonds. The van der Waals surface area contributed by atoms with Gasteiger partial charge in [-0.2, -0.15) is 0 Å². The van der Waals surface area contributed by atoms with Crippen molar-refractivity contribution < 1.29 is 0 Å². The van der Waals surface area contributed by atoms with Crippen LogP contribution in [0.5, 0.6) is 0 Å². The third kappa shape index (κ3) is 5.31. The van der Waals surface area contributed by atoms with Gasteiger partial charge in [0.2, 0.25) is 0 Å². The van der Waals surface area contributed by atoms with Crippen LogP contribution in [0.4, 0.5) is 5.82 Å². The lowest BCUT2D eigenvalue weighted by molar-refractivity contribution is 0.689. The van der Waals surface area contributed by atoms with E-state index in [0.717, 1.165) is 38.4 Å². The fourth-order valence-corrected chi connectivity index (χ4v) is 2.73. The molecule has 1 N–H and O–H groups in total. The molecule has 1 fully saturated rings. The van der Waals surface area contributed by atoms with Gasteiger partial charge in [-0.25, -0.2) is 4.98 Å². The highest BCUT2D eigenvalue weighted by Crippen LogP contribution is 2.31. The predicted molar refractivity (Wildman–Crippen MR) is 90.8 cm³/mol. The number of anilines is 1. The molecule has 1 aliphatic rings. The van der Waals surface area contributed by atoms with Gasteiger partial charge in [0, 0.05) is 25.3 Å². The van der Waals surface area contributed by atoms with Gasteiger partial charge in [0.1, 0.15) is 5.82 Å². The lowest BCUT2D eigenvalue weighted by Crippen LogP contribution is -2.28. The van der Waals surface area contributed by atoms with E-state index in [9.17, 15) is 0 Å². The fourth-order valence-electron chi connectivity index (χ4n) is 2.73. The van der Waals surface area contributed by atoms with Crippen molar-refractivity contribution in [2.45, 2.75) is 59.4 Å². The van der Waals surface area contributed by atoms with Crippen LogP contribution in [0, 0.1) is 5.92 Å². The largest absolute Gasteiger partial charge is 0.356 e. The van der Waals surface area contributed by atoms with Crippen LogP contribution in [0.3, 0.4) is 0 Å². The zero-order valence-corrected chi connectivity index (χ0v) is 14.0. The summed E-state index contributed by atoms with van der Waals surface area (Å²) in [4.78, 5) is 7.44. The first-order valence-electron chi connectivity index (χ1n) is 8.72. The van der Waals surface area contributed by atoms with E-state index in [2.05, 4.69) is 43.1 Å². The van der Waals surface area contributed by atoms with E-state index < -0.39 is 0 Å². The standard InChI is InChI=1S/C18H31N3/c1-4-7-17-11-16(13-19-6-3)12-18(20-17)21(10-5-2)14-15-8-9-15/h11-12,15,19H,4-10,13-14H2,1-3H3. The molecule has 3 nitrogen and oxygen atoms in total. The number of nitrogens with zero attached hydrogens (tertiary/aromatic N) is 2. The lowest BCUT2D eigenvalue weighted by atomic mass is 10.1. The van der Waals surface area contributed by atoms with E-state index in [1.807, 2.05) is 0 Å². The summed E-state index contributed by atoms with van der Waals surface area (Å²) >= 11 is 0. The summed E-state index contributed by atoms with van der Waals surface area (Å²) in [6, 6.07) is 4.57. The van der Waals surface area contributed by atoms with E-state index in [1.165, 1.54) is 42.9 Å². The molecule has 0 bridgehead atoms. The first kappa shape index (κ1) is 16.3. The molecule has 0 aromatic carbocycles. The maximum Gasteiger partial charge on any atom is 0.129 e. The second-order valence-corrected chi connectivity index (χ2v) is 6.24. The van der Waals surface area contributed by atoms with Crippen molar-refractivity contribution in [1.82, 2.24) is 10.3 Å². The van der Waals surface area contributed by atoms with Crippen LogP contribution >= 0.6 is 0 Å². The summed E-state index contributed by atoms with van der Waals surface area (Å²) in [6.07, 6.45) is 6.23. The van der Waals surface area contributed by atoms with Crippen molar-refractivity contribution in [3.63, 3.8) is 0 Å². The second-order valence-electron chi connectivity index (χ2n) is 6.24. The van der Waals surface area contributed by atoms with Crippen molar-refractivity contribution in [2.24, 2.45) is 5.92 Å². The molecular weight excluding hydrogens is 258 g/mol. The molecule has 1 aliphatic carbocycles. The van der Waals surface area contributed by atoms with Crippen LogP contribution in [0.15, 0.2) is 12.1 Å². The van der Waals surface area contributed by atoms with Gasteiger partial charge in [-0.1, -0.05) is 27.2 Å². The molecule has 0 aliphatic heterocycles. The van der Waals surface area contributed by atoms with Gasteiger partial charge in [0.15, 0.2) is 0 Å². The third-order valence-corrected chi connectivity index (χ3v) is 4.00. The maximum absolute atomic E-state index is 4.93. The molecule has 0 atom stereocenters. The minimum atomic E-state index is 0.908. The van der Waals surface area contributed by atoms with Crippen molar-refractivity contribution in [2.75, 3.05) is 24.5 Å². The molecule has 0 saturated heterocycles. The van der Waals surface area contributed by atoms with Crippen LogP contribution < -0.4 is 10.2 Å². The quantitative estimate of drug-likeness (QED) is 0.710. The second kappa shape index (κ2) is 8.38. The highest BCUT2D eigenvalue weighted by molar-refractivity contribution is 5.43. The summed E-state index contributed by atoms with van der Waals surface area (Å²) in [6.45, 7) is 10.9. The normalized spacial score (nSPS) is 14.4. The molecule has 0 radical (unpaired) electrons. The first-order chi connectivity index (χ1) is 10.3. The molecule has 1 aromatic rings. The first-order valence-corrected chi connectivity index (χ1v) is 8.72. The number of hydrogen-bond donors (Lipinski definition) is 1. The number of pyridine rings is 1. The molecule has 1 saturated carbocycles. The summed E-state index contributed by atoms with van der Waals surface area (Å²) in [5, 5.41) is 3.44. The zero-order chi connectivity index (χ0) is 15.1.